The monoisotopic (exact) mass is 361 g/mol. The van der Waals surface area contributed by atoms with Crippen LogP contribution in [0.25, 0.3) is 10.9 Å². The Labute approximate surface area is 154 Å². The van der Waals surface area contributed by atoms with Crippen molar-refractivity contribution in [1.82, 2.24) is 15.0 Å². The van der Waals surface area contributed by atoms with Crippen molar-refractivity contribution in [3.8, 4) is 0 Å². The SMILES string of the molecule is O=C(Cc1csc(Nc2ccccn2)n1)Nc1cccc2cccnc12. The van der Waals surface area contributed by atoms with Crippen LogP contribution >= 0.6 is 11.3 Å². The van der Waals surface area contributed by atoms with Gasteiger partial charge in [0.05, 0.1) is 23.3 Å². The van der Waals surface area contributed by atoms with Crippen molar-refractivity contribution in [3.05, 3.63) is 72.0 Å². The number of fused-ring (bicyclic) bond motifs is 1. The summed E-state index contributed by atoms with van der Waals surface area (Å²) in [5.74, 6) is 0.595. The molecule has 1 aromatic carbocycles. The molecule has 0 spiro atoms. The largest absolute Gasteiger partial charge is 0.324 e. The van der Waals surface area contributed by atoms with E-state index in [2.05, 4.69) is 25.6 Å². The third-order valence-electron chi connectivity index (χ3n) is 3.70. The van der Waals surface area contributed by atoms with Crippen LogP contribution in [-0.4, -0.2) is 20.9 Å². The van der Waals surface area contributed by atoms with Gasteiger partial charge in [-0.05, 0) is 24.3 Å². The number of carbonyl (C=O) groups is 1. The highest BCUT2D eigenvalue weighted by Crippen LogP contribution is 2.22. The first-order chi connectivity index (χ1) is 12.8. The Morgan fingerprint density at radius 3 is 2.77 bits per heavy atom. The van der Waals surface area contributed by atoms with Gasteiger partial charge < -0.3 is 10.6 Å². The van der Waals surface area contributed by atoms with Crippen LogP contribution in [0.2, 0.25) is 0 Å². The number of nitrogens with zero attached hydrogens (tertiary/aromatic N) is 3. The highest BCUT2D eigenvalue weighted by atomic mass is 32.1. The summed E-state index contributed by atoms with van der Waals surface area (Å²) in [6.07, 6.45) is 3.63. The summed E-state index contributed by atoms with van der Waals surface area (Å²) >= 11 is 1.44. The molecule has 0 bridgehead atoms. The molecule has 3 aromatic heterocycles. The third-order valence-corrected chi connectivity index (χ3v) is 4.51. The van der Waals surface area contributed by atoms with Crippen molar-refractivity contribution >= 4 is 44.8 Å². The van der Waals surface area contributed by atoms with Gasteiger partial charge in [0.2, 0.25) is 5.91 Å². The smallest absolute Gasteiger partial charge is 0.230 e. The van der Waals surface area contributed by atoms with Crippen molar-refractivity contribution in [2.75, 3.05) is 10.6 Å². The molecule has 3 heterocycles. The maximum absolute atomic E-state index is 12.4. The number of amides is 1. The molecule has 7 heteroatoms. The average Bonchev–Trinajstić information content (AvgIpc) is 3.09. The number of benzene rings is 1. The Bertz CT molecular complexity index is 1040. The van der Waals surface area contributed by atoms with E-state index in [4.69, 9.17) is 0 Å². The number of hydrogen-bond acceptors (Lipinski definition) is 6. The Morgan fingerprint density at radius 1 is 1.00 bits per heavy atom. The van der Waals surface area contributed by atoms with Crippen LogP contribution in [0.4, 0.5) is 16.6 Å². The van der Waals surface area contributed by atoms with Gasteiger partial charge in [0, 0.05) is 23.2 Å². The maximum Gasteiger partial charge on any atom is 0.230 e. The Kier molecular flexibility index (Phi) is 4.53. The van der Waals surface area contributed by atoms with Gasteiger partial charge in [0.1, 0.15) is 5.82 Å². The standard InChI is InChI=1S/C19H15N5OS/c25-17(23-15-7-3-5-13-6-4-10-21-18(13)15)11-14-12-26-19(22-14)24-16-8-1-2-9-20-16/h1-10,12H,11H2,(H,23,25)(H,20,22,24). The summed E-state index contributed by atoms with van der Waals surface area (Å²) in [5, 5.41) is 9.61. The summed E-state index contributed by atoms with van der Waals surface area (Å²) < 4.78 is 0. The number of carbonyl (C=O) groups excluding carboxylic acids is 1. The molecule has 0 aliphatic rings. The van der Waals surface area contributed by atoms with E-state index in [1.807, 2.05) is 53.9 Å². The van der Waals surface area contributed by atoms with E-state index < -0.39 is 0 Å². The van der Waals surface area contributed by atoms with Crippen LogP contribution in [0, 0.1) is 0 Å². The van der Waals surface area contributed by atoms with Crippen molar-refractivity contribution < 1.29 is 4.79 Å². The van der Waals surface area contributed by atoms with E-state index in [0.717, 1.165) is 16.7 Å². The minimum Gasteiger partial charge on any atom is -0.324 e. The van der Waals surface area contributed by atoms with Crippen LogP contribution in [0.15, 0.2) is 66.3 Å². The first kappa shape index (κ1) is 16.2. The van der Waals surface area contributed by atoms with E-state index in [1.165, 1.54) is 11.3 Å². The second-order valence-corrected chi connectivity index (χ2v) is 6.45. The molecule has 0 atom stereocenters. The van der Waals surface area contributed by atoms with Crippen molar-refractivity contribution in [3.63, 3.8) is 0 Å². The predicted octanol–water partition coefficient (Wildman–Crippen LogP) is 4.01. The lowest BCUT2D eigenvalue weighted by molar-refractivity contribution is -0.115. The molecule has 128 valence electrons. The molecule has 0 aliphatic carbocycles. The zero-order chi connectivity index (χ0) is 17.8. The number of anilines is 3. The lowest BCUT2D eigenvalue weighted by Gasteiger charge is -2.07. The van der Waals surface area contributed by atoms with E-state index in [9.17, 15) is 4.79 Å². The summed E-state index contributed by atoms with van der Waals surface area (Å²) in [4.78, 5) is 25.4. The van der Waals surface area contributed by atoms with E-state index in [0.29, 0.717) is 16.5 Å². The van der Waals surface area contributed by atoms with Gasteiger partial charge in [-0.2, -0.15) is 0 Å². The first-order valence-corrected chi connectivity index (χ1v) is 8.92. The molecule has 0 aliphatic heterocycles. The quantitative estimate of drug-likeness (QED) is 0.561. The third kappa shape index (κ3) is 3.68. The zero-order valence-electron chi connectivity index (χ0n) is 13.7. The van der Waals surface area contributed by atoms with Gasteiger partial charge >= 0.3 is 0 Å². The molecular weight excluding hydrogens is 346 g/mol. The minimum absolute atomic E-state index is 0.127. The first-order valence-electron chi connectivity index (χ1n) is 8.04. The fourth-order valence-corrected chi connectivity index (χ4v) is 3.27. The molecule has 4 rings (SSSR count). The van der Waals surface area contributed by atoms with Crippen molar-refractivity contribution in [2.24, 2.45) is 0 Å². The maximum atomic E-state index is 12.4. The molecule has 6 nitrogen and oxygen atoms in total. The Hall–Kier alpha value is -3.32. The van der Waals surface area contributed by atoms with Crippen LogP contribution in [0.3, 0.4) is 0 Å². The molecule has 1 amide bonds. The molecule has 0 saturated carbocycles. The van der Waals surface area contributed by atoms with Crippen molar-refractivity contribution in [2.45, 2.75) is 6.42 Å². The fourth-order valence-electron chi connectivity index (χ4n) is 2.56. The summed E-state index contributed by atoms with van der Waals surface area (Å²) in [6, 6.07) is 15.2. The molecule has 0 fully saturated rings. The number of thiazole rings is 1. The van der Waals surface area contributed by atoms with Gasteiger partial charge in [-0.3, -0.25) is 9.78 Å². The lowest BCUT2D eigenvalue weighted by atomic mass is 10.2. The number of nitrogens with one attached hydrogen (secondary N) is 2. The van der Waals surface area contributed by atoms with Gasteiger partial charge in [0.15, 0.2) is 5.13 Å². The average molecular weight is 361 g/mol. The Morgan fingerprint density at radius 2 is 1.88 bits per heavy atom. The van der Waals surface area contributed by atoms with Gasteiger partial charge in [-0.25, -0.2) is 9.97 Å². The van der Waals surface area contributed by atoms with Gasteiger partial charge in [-0.1, -0.05) is 24.3 Å². The van der Waals surface area contributed by atoms with Crippen LogP contribution in [0.5, 0.6) is 0 Å². The van der Waals surface area contributed by atoms with Crippen LogP contribution in [0.1, 0.15) is 5.69 Å². The highest BCUT2D eigenvalue weighted by molar-refractivity contribution is 7.13. The predicted molar refractivity (Wildman–Crippen MR) is 104 cm³/mol. The molecule has 26 heavy (non-hydrogen) atoms. The lowest BCUT2D eigenvalue weighted by Crippen LogP contribution is -2.15. The number of hydrogen-bond donors (Lipinski definition) is 2. The molecular formula is C19H15N5OS. The summed E-state index contributed by atoms with van der Waals surface area (Å²) in [5.41, 5.74) is 2.19. The molecule has 0 radical (unpaired) electrons. The molecule has 0 saturated heterocycles. The van der Waals surface area contributed by atoms with E-state index in [1.54, 1.807) is 12.4 Å². The number of rotatable bonds is 5. The van der Waals surface area contributed by atoms with Gasteiger partial charge in [-0.15, -0.1) is 11.3 Å². The molecule has 0 unspecified atom stereocenters. The number of pyridine rings is 2. The molecule has 2 N–H and O–H groups in total. The van der Waals surface area contributed by atoms with E-state index in [-0.39, 0.29) is 12.3 Å². The van der Waals surface area contributed by atoms with Crippen LogP contribution < -0.4 is 10.6 Å². The highest BCUT2D eigenvalue weighted by Gasteiger charge is 2.10. The number of para-hydroxylation sites is 1. The fraction of sp³-hybridized carbons (Fsp3) is 0.0526. The second-order valence-electron chi connectivity index (χ2n) is 5.59. The van der Waals surface area contributed by atoms with E-state index >= 15 is 0 Å². The normalized spacial score (nSPS) is 10.6. The summed E-state index contributed by atoms with van der Waals surface area (Å²) in [6.45, 7) is 0. The second kappa shape index (κ2) is 7.28. The summed E-state index contributed by atoms with van der Waals surface area (Å²) in [7, 11) is 0. The zero-order valence-corrected chi connectivity index (χ0v) is 14.5. The topological polar surface area (TPSA) is 79.8 Å². The van der Waals surface area contributed by atoms with Gasteiger partial charge in [0.25, 0.3) is 0 Å². The minimum atomic E-state index is -0.127. The van der Waals surface area contributed by atoms with Crippen LogP contribution in [-0.2, 0) is 11.2 Å². The van der Waals surface area contributed by atoms with Crippen molar-refractivity contribution in [1.29, 1.82) is 0 Å². The molecule has 4 aromatic rings. The number of aromatic nitrogens is 3. The Balaban J connectivity index is 1.44.